The van der Waals surface area contributed by atoms with Crippen molar-refractivity contribution < 1.29 is 9.90 Å². The van der Waals surface area contributed by atoms with Gasteiger partial charge in [0.2, 0.25) is 5.91 Å². The number of nitriles is 1. The Kier molecular flexibility index (Phi) is 20.6. The first-order valence-corrected chi connectivity index (χ1v) is 5.44. The minimum Gasteiger partial charge on any atom is -0.394 e. The Morgan fingerprint density at radius 3 is 2.44 bits per heavy atom. The van der Waals surface area contributed by atoms with Crippen LogP contribution in [-0.2, 0) is 4.79 Å². The van der Waals surface area contributed by atoms with Gasteiger partial charge in [-0.3, -0.25) is 4.79 Å². The summed E-state index contributed by atoms with van der Waals surface area (Å²) >= 11 is 0. The molecule has 0 unspecified atom stereocenters. The van der Waals surface area contributed by atoms with Crippen LogP contribution in [0.5, 0.6) is 0 Å². The van der Waals surface area contributed by atoms with Crippen LogP contribution >= 0.6 is 24.8 Å². The van der Waals surface area contributed by atoms with Gasteiger partial charge in [-0.15, -0.1) is 24.8 Å². The molecule has 1 amide bonds. The van der Waals surface area contributed by atoms with Crippen LogP contribution in [0.3, 0.4) is 0 Å². The zero-order valence-corrected chi connectivity index (χ0v) is 11.9. The summed E-state index contributed by atoms with van der Waals surface area (Å²) in [5.74, 6) is -0.320. The molecular formula is C10H22Cl2N4O2. The van der Waals surface area contributed by atoms with E-state index in [0.29, 0.717) is 19.5 Å². The van der Waals surface area contributed by atoms with Crippen molar-refractivity contribution in [3.8, 4) is 6.07 Å². The van der Waals surface area contributed by atoms with Crippen LogP contribution in [0.25, 0.3) is 0 Å². The number of carbonyl (C=O) groups is 1. The lowest BCUT2D eigenvalue weighted by atomic mass is 10.2. The zero-order chi connectivity index (χ0) is 12.2. The maximum Gasteiger partial charge on any atom is 0.239 e. The highest BCUT2D eigenvalue weighted by Gasteiger charge is 2.09. The molecule has 1 atom stereocenters. The van der Waals surface area contributed by atoms with Crippen LogP contribution in [0.1, 0.15) is 19.3 Å². The van der Waals surface area contributed by atoms with Gasteiger partial charge in [0.25, 0.3) is 0 Å². The quantitative estimate of drug-likeness (QED) is 0.431. The van der Waals surface area contributed by atoms with E-state index in [1.54, 1.807) is 0 Å². The average molecular weight is 301 g/mol. The Morgan fingerprint density at radius 1 is 1.28 bits per heavy atom. The molecule has 0 rings (SSSR count). The maximum atomic E-state index is 11.1. The van der Waals surface area contributed by atoms with Gasteiger partial charge in [0, 0.05) is 19.5 Å². The number of nitrogens with one attached hydrogen (secondary N) is 2. The largest absolute Gasteiger partial charge is 0.394 e. The Morgan fingerprint density at radius 2 is 1.89 bits per heavy atom. The monoisotopic (exact) mass is 300 g/mol. The SMILES string of the molecule is Cl.Cl.N#CCCNCCCCNC(=O)[C@@H](N)CO. The van der Waals surface area contributed by atoms with Crippen LogP contribution in [0, 0.1) is 11.3 Å². The van der Waals surface area contributed by atoms with Gasteiger partial charge in [-0.05, 0) is 19.4 Å². The summed E-state index contributed by atoms with van der Waals surface area (Å²) in [5.41, 5.74) is 5.31. The number of nitrogens with two attached hydrogens (primary N) is 1. The molecule has 0 aliphatic heterocycles. The van der Waals surface area contributed by atoms with Crippen molar-refractivity contribution in [3.05, 3.63) is 0 Å². The fourth-order valence-electron chi connectivity index (χ4n) is 1.07. The third-order valence-corrected chi connectivity index (χ3v) is 2.03. The first kappa shape index (κ1) is 22.6. The predicted molar refractivity (Wildman–Crippen MR) is 74.9 cm³/mol. The third kappa shape index (κ3) is 13.5. The summed E-state index contributed by atoms with van der Waals surface area (Å²) in [7, 11) is 0. The predicted octanol–water partition coefficient (Wildman–Crippen LogP) is -0.451. The number of amides is 1. The topological polar surface area (TPSA) is 111 Å². The molecule has 0 bridgehead atoms. The van der Waals surface area contributed by atoms with Crippen LogP contribution in [-0.4, -0.2) is 43.3 Å². The van der Waals surface area contributed by atoms with E-state index in [0.717, 1.165) is 19.4 Å². The molecule has 0 saturated heterocycles. The third-order valence-electron chi connectivity index (χ3n) is 2.03. The molecule has 18 heavy (non-hydrogen) atoms. The first-order valence-electron chi connectivity index (χ1n) is 5.44. The minimum atomic E-state index is -0.825. The van der Waals surface area contributed by atoms with E-state index in [1.807, 2.05) is 6.07 Å². The number of halogens is 2. The summed E-state index contributed by atoms with van der Waals surface area (Å²) in [6.45, 7) is 1.77. The van der Waals surface area contributed by atoms with Gasteiger partial charge in [-0.1, -0.05) is 0 Å². The van der Waals surface area contributed by atoms with Crippen LogP contribution in [0.4, 0.5) is 0 Å². The molecule has 0 spiro atoms. The summed E-state index contributed by atoms with van der Waals surface area (Å²) in [5, 5.41) is 22.6. The van der Waals surface area contributed by atoms with Gasteiger partial charge in [-0.2, -0.15) is 5.26 Å². The second kappa shape index (κ2) is 16.4. The lowest BCUT2D eigenvalue weighted by molar-refractivity contribution is -0.123. The number of rotatable bonds is 9. The first-order chi connectivity index (χ1) is 7.72. The van der Waals surface area contributed by atoms with Crippen molar-refractivity contribution in [2.24, 2.45) is 5.73 Å². The molecule has 0 aromatic carbocycles. The van der Waals surface area contributed by atoms with Crippen molar-refractivity contribution in [1.29, 1.82) is 5.26 Å². The molecule has 0 aromatic heterocycles. The van der Waals surface area contributed by atoms with Gasteiger partial charge < -0.3 is 21.5 Å². The number of nitrogens with zero attached hydrogens (tertiary/aromatic N) is 1. The Balaban J connectivity index is -0.00000112. The lowest BCUT2D eigenvalue weighted by Crippen LogP contribution is -2.43. The molecular weight excluding hydrogens is 279 g/mol. The zero-order valence-electron chi connectivity index (χ0n) is 10.2. The highest BCUT2D eigenvalue weighted by molar-refractivity contribution is 5.85. The Bertz CT molecular complexity index is 236. The lowest BCUT2D eigenvalue weighted by Gasteiger charge is -2.09. The average Bonchev–Trinajstić information content (AvgIpc) is 2.31. The Labute approximate surface area is 120 Å². The van der Waals surface area contributed by atoms with E-state index < -0.39 is 6.04 Å². The van der Waals surface area contributed by atoms with Gasteiger partial charge in [0.05, 0.1) is 12.7 Å². The minimum absolute atomic E-state index is 0. The number of carbonyl (C=O) groups excluding carboxylic acids is 1. The van der Waals surface area contributed by atoms with Crippen molar-refractivity contribution in [2.45, 2.75) is 25.3 Å². The highest BCUT2D eigenvalue weighted by atomic mass is 35.5. The molecule has 108 valence electrons. The molecule has 5 N–H and O–H groups in total. The van der Waals surface area contributed by atoms with Gasteiger partial charge in [0.1, 0.15) is 6.04 Å². The van der Waals surface area contributed by atoms with E-state index >= 15 is 0 Å². The van der Waals surface area contributed by atoms with Gasteiger partial charge >= 0.3 is 0 Å². The second-order valence-corrected chi connectivity index (χ2v) is 3.45. The number of aliphatic hydroxyl groups excluding tert-OH is 1. The number of unbranched alkanes of at least 4 members (excludes halogenated alkanes) is 1. The molecule has 0 aliphatic carbocycles. The molecule has 0 aromatic rings. The van der Waals surface area contributed by atoms with Gasteiger partial charge in [0.15, 0.2) is 0 Å². The fourth-order valence-corrected chi connectivity index (χ4v) is 1.07. The maximum absolute atomic E-state index is 11.1. The molecule has 6 nitrogen and oxygen atoms in total. The summed E-state index contributed by atoms with van der Waals surface area (Å²) in [4.78, 5) is 11.1. The molecule has 8 heteroatoms. The van der Waals surface area contributed by atoms with Crippen LogP contribution < -0.4 is 16.4 Å². The smallest absolute Gasteiger partial charge is 0.239 e. The van der Waals surface area contributed by atoms with E-state index in [1.165, 1.54) is 0 Å². The highest BCUT2D eigenvalue weighted by Crippen LogP contribution is 1.86. The van der Waals surface area contributed by atoms with Crippen LogP contribution in [0.15, 0.2) is 0 Å². The van der Waals surface area contributed by atoms with Crippen LogP contribution in [0.2, 0.25) is 0 Å². The fraction of sp³-hybridized carbons (Fsp3) is 0.800. The molecule has 0 heterocycles. The number of aliphatic hydroxyl groups is 1. The van der Waals surface area contributed by atoms with E-state index in [2.05, 4.69) is 10.6 Å². The van der Waals surface area contributed by atoms with Crippen molar-refractivity contribution in [3.63, 3.8) is 0 Å². The van der Waals surface area contributed by atoms with E-state index in [4.69, 9.17) is 16.1 Å². The molecule has 0 saturated carbocycles. The number of hydrogen-bond acceptors (Lipinski definition) is 5. The standard InChI is InChI=1S/C10H20N4O2.2ClH/c11-4-3-6-13-5-1-2-7-14-10(16)9(12)8-15;;/h9,13,15H,1-3,5-8,12H2,(H,14,16);2*1H/t9-;;/m0../s1. The van der Waals surface area contributed by atoms with Crippen molar-refractivity contribution in [2.75, 3.05) is 26.2 Å². The number of hydrogen-bond donors (Lipinski definition) is 4. The van der Waals surface area contributed by atoms with Crippen molar-refractivity contribution >= 4 is 30.7 Å². The molecule has 0 radical (unpaired) electrons. The molecule has 0 aliphatic rings. The van der Waals surface area contributed by atoms with Crippen molar-refractivity contribution in [1.82, 2.24) is 10.6 Å². The molecule has 0 fully saturated rings. The summed E-state index contributed by atoms with van der Waals surface area (Å²) < 4.78 is 0. The van der Waals surface area contributed by atoms with E-state index in [-0.39, 0.29) is 37.3 Å². The summed E-state index contributed by atoms with van der Waals surface area (Å²) in [6.07, 6.45) is 2.30. The normalized spacial score (nSPS) is 10.5. The Hall–Kier alpha value is -0.580. The van der Waals surface area contributed by atoms with Gasteiger partial charge in [-0.25, -0.2) is 0 Å². The second-order valence-electron chi connectivity index (χ2n) is 3.45. The van der Waals surface area contributed by atoms with E-state index in [9.17, 15) is 4.79 Å². The summed E-state index contributed by atoms with van der Waals surface area (Å²) in [6, 6.07) is 1.22.